The molecule has 0 bridgehead atoms. The second kappa shape index (κ2) is 6.16. The maximum Gasteiger partial charge on any atom is 0.263 e. The van der Waals surface area contributed by atoms with Crippen LogP contribution in [0.15, 0.2) is 12.1 Å². The van der Waals surface area contributed by atoms with Gasteiger partial charge in [-0.15, -0.1) is 11.3 Å². The summed E-state index contributed by atoms with van der Waals surface area (Å²) < 4.78 is 10.8. The SMILES string of the molecule is COCc1ccc(C(=O)N2CCC3(CC2)[C@H](O)C[C@]3(C)OC)s1. The molecule has 2 heterocycles. The van der Waals surface area contributed by atoms with Crippen LogP contribution in [0.25, 0.3) is 0 Å². The van der Waals surface area contributed by atoms with Gasteiger partial charge in [0.15, 0.2) is 0 Å². The number of ether oxygens (including phenoxy) is 2. The van der Waals surface area contributed by atoms with Crippen molar-refractivity contribution >= 4 is 17.2 Å². The summed E-state index contributed by atoms with van der Waals surface area (Å²) in [5.74, 6) is 0.0835. The van der Waals surface area contributed by atoms with E-state index in [4.69, 9.17) is 9.47 Å². The molecule has 2 fully saturated rings. The molecule has 0 radical (unpaired) electrons. The summed E-state index contributed by atoms with van der Waals surface area (Å²) in [5.41, 5.74) is -0.467. The van der Waals surface area contributed by atoms with Gasteiger partial charge in [-0.25, -0.2) is 0 Å². The number of hydrogen-bond donors (Lipinski definition) is 1. The van der Waals surface area contributed by atoms with E-state index in [0.717, 1.165) is 22.6 Å². The van der Waals surface area contributed by atoms with Gasteiger partial charge in [0.25, 0.3) is 5.91 Å². The van der Waals surface area contributed by atoms with Gasteiger partial charge in [-0.05, 0) is 31.9 Å². The largest absolute Gasteiger partial charge is 0.392 e. The van der Waals surface area contributed by atoms with Crippen LogP contribution in [0.3, 0.4) is 0 Å². The Hall–Kier alpha value is -0.950. The lowest BCUT2D eigenvalue weighted by molar-refractivity contribution is -0.259. The maximum atomic E-state index is 12.6. The number of aliphatic hydroxyl groups excluding tert-OH is 1. The Balaban J connectivity index is 1.65. The number of hydrogen-bond acceptors (Lipinski definition) is 5. The van der Waals surface area contributed by atoms with E-state index in [1.165, 1.54) is 11.3 Å². The fourth-order valence-electron chi connectivity index (χ4n) is 4.11. The highest BCUT2D eigenvalue weighted by Crippen LogP contribution is 2.58. The number of methoxy groups -OCH3 is 2. The van der Waals surface area contributed by atoms with Gasteiger partial charge in [-0.2, -0.15) is 0 Å². The average molecular weight is 339 g/mol. The van der Waals surface area contributed by atoms with Crippen molar-refractivity contribution < 1.29 is 19.4 Å². The van der Waals surface area contributed by atoms with E-state index in [0.29, 0.717) is 26.1 Å². The third-order valence-corrected chi connectivity index (χ3v) is 6.87. The van der Waals surface area contributed by atoms with Crippen molar-refractivity contribution in [3.8, 4) is 0 Å². The Bertz CT molecular complexity index is 579. The van der Waals surface area contributed by atoms with Crippen molar-refractivity contribution in [2.45, 2.75) is 44.5 Å². The number of carbonyl (C=O) groups is 1. The number of carbonyl (C=O) groups excluding carboxylic acids is 1. The molecule has 1 aliphatic carbocycles. The minimum Gasteiger partial charge on any atom is -0.392 e. The molecule has 1 spiro atoms. The molecule has 1 saturated carbocycles. The van der Waals surface area contributed by atoms with Crippen LogP contribution in [-0.2, 0) is 16.1 Å². The molecular weight excluding hydrogens is 314 g/mol. The molecule has 6 heteroatoms. The van der Waals surface area contributed by atoms with Crippen molar-refractivity contribution in [2.75, 3.05) is 27.3 Å². The monoisotopic (exact) mass is 339 g/mol. The predicted molar refractivity (Wildman–Crippen MR) is 88.6 cm³/mol. The molecule has 23 heavy (non-hydrogen) atoms. The van der Waals surface area contributed by atoms with Crippen LogP contribution in [-0.4, -0.2) is 54.9 Å². The summed E-state index contributed by atoms with van der Waals surface area (Å²) in [5, 5.41) is 10.3. The van der Waals surface area contributed by atoms with Crippen molar-refractivity contribution in [3.63, 3.8) is 0 Å². The van der Waals surface area contributed by atoms with Crippen LogP contribution in [0.1, 0.15) is 40.7 Å². The topological polar surface area (TPSA) is 59.0 Å². The molecule has 1 aliphatic heterocycles. The number of thiophene rings is 1. The predicted octanol–water partition coefficient (Wildman–Crippen LogP) is 2.29. The van der Waals surface area contributed by atoms with Crippen molar-refractivity contribution in [2.24, 2.45) is 5.41 Å². The van der Waals surface area contributed by atoms with Gasteiger partial charge in [-0.3, -0.25) is 4.79 Å². The van der Waals surface area contributed by atoms with Gasteiger partial charge < -0.3 is 19.5 Å². The molecule has 1 aromatic heterocycles. The Kier molecular flexibility index (Phi) is 4.53. The Morgan fingerprint density at radius 2 is 2.09 bits per heavy atom. The first-order valence-corrected chi connectivity index (χ1v) is 8.87. The summed E-state index contributed by atoms with van der Waals surface area (Å²) in [6.07, 6.45) is 1.95. The second-order valence-electron chi connectivity index (χ2n) is 6.80. The number of likely N-dealkylation sites (tertiary alicyclic amines) is 1. The fraction of sp³-hybridized carbons (Fsp3) is 0.706. The average Bonchev–Trinajstić information content (AvgIpc) is 3.03. The summed E-state index contributed by atoms with van der Waals surface area (Å²) >= 11 is 1.49. The Labute approximate surface area is 141 Å². The van der Waals surface area contributed by atoms with Crippen molar-refractivity contribution in [1.82, 2.24) is 4.90 Å². The van der Waals surface area contributed by atoms with Crippen LogP contribution < -0.4 is 0 Å². The number of amides is 1. The molecule has 0 unspecified atom stereocenters. The summed E-state index contributed by atoms with van der Waals surface area (Å²) in [7, 11) is 3.37. The number of rotatable bonds is 4. The van der Waals surface area contributed by atoms with Gasteiger partial charge in [0.2, 0.25) is 0 Å². The first kappa shape index (κ1) is 16.9. The first-order valence-electron chi connectivity index (χ1n) is 8.06. The van der Waals surface area contributed by atoms with Gasteiger partial charge in [0.05, 0.1) is 23.2 Å². The minimum atomic E-state index is -0.320. The highest BCUT2D eigenvalue weighted by molar-refractivity contribution is 7.14. The van der Waals surface area contributed by atoms with Gasteiger partial charge in [-0.1, -0.05) is 0 Å². The summed E-state index contributed by atoms with van der Waals surface area (Å²) in [6.45, 7) is 3.96. The van der Waals surface area contributed by atoms with Crippen LogP contribution in [0, 0.1) is 5.41 Å². The molecule has 5 nitrogen and oxygen atoms in total. The highest BCUT2D eigenvalue weighted by atomic mass is 32.1. The molecular formula is C17H25NO4S. The smallest absolute Gasteiger partial charge is 0.263 e. The lowest BCUT2D eigenvalue weighted by atomic mass is 9.51. The van der Waals surface area contributed by atoms with E-state index in [9.17, 15) is 9.90 Å². The van der Waals surface area contributed by atoms with E-state index in [2.05, 4.69) is 6.92 Å². The highest BCUT2D eigenvalue weighted by Gasteiger charge is 2.63. The third kappa shape index (κ3) is 2.61. The molecule has 3 rings (SSSR count). The van der Waals surface area contributed by atoms with E-state index in [-0.39, 0.29) is 23.0 Å². The fourth-order valence-corrected chi connectivity index (χ4v) is 5.06. The molecule has 2 atom stereocenters. The second-order valence-corrected chi connectivity index (χ2v) is 7.97. The zero-order chi connectivity index (χ0) is 16.7. The molecule has 1 aromatic rings. The van der Waals surface area contributed by atoms with Crippen LogP contribution in [0.4, 0.5) is 0 Å². The molecule has 1 amide bonds. The van der Waals surface area contributed by atoms with Crippen LogP contribution in [0.5, 0.6) is 0 Å². The zero-order valence-corrected chi connectivity index (χ0v) is 14.8. The Morgan fingerprint density at radius 1 is 1.39 bits per heavy atom. The van der Waals surface area contributed by atoms with E-state index in [1.807, 2.05) is 17.0 Å². The summed E-state index contributed by atoms with van der Waals surface area (Å²) in [4.78, 5) is 16.4. The van der Waals surface area contributed by atoms with Gasteiger partial charge >= 0.3 is 0 Å². The molecule has 128 valence electrons. The molecule has 1 N–H and O–H groups in total. The van der Waals surface area contributed by atoms with Crippen molar-refractivity contribution in [3.05, 3.63) is 21.9 Å². The van der Waals surface area contributed by atoms with E-state index in [1.54, 1.807) is 14.2 Å². The minimum absolute atomic E-state index is 0.0835. The zero-order valence-electron chi connectivity index (χ0n) is 14.0. The standard InChI is InChI=1S/C17H25NO4S/c1-16(22-3)10-14(19)17(16)6-8-18(9-7-17)15(20)13-5-4-12(23-13)11-21-2/h4-5,14,19H,6-11H2,1-3H3/t14-,16+/m1/s1. The van der Waals surface area contributed by atoms with Gasteiger partial charge in [0, 0.05) is 44.0 Å². The normalized spacial score (nSPS) is 29.6. The van der Waals surface area contributed by atoms with Gasteiger partial charge in [0.1, 0.15) is 0 Å². The summed E-state index contributed by atoms with van der Waals surface area (Å²) in [6, 6.07) is 3.83. The maximum absolute atomic E-state index is 12.6. The van der Waals surface area contributed by atoms with E-state index >= 15 is 0 Å². The quantitative estimate of drug-likeness (QED) is 0.914. The van der Waals surface area contributed by atoms with Crippen LogP contribution in [0.2, 0.25) is 0 Å². The molecule has 1 saturated heterocycles. The van der Waals surface area contributed by atoms with Crippen molar-refractivity contribution in [1.29, 1.82) is 0 Å². The van der Waals surface area contributed by atoms with E-state index < -0.39 is 0 Å². The molecule has 2 aliphatic rings. The number of nitrogens with zero attached hydrogens (tertiary/aromatic N) is 1. The first-order chi connectivity index (χ1) is 11.0. The number of aliphatic hydroxyl groups is 1. The Morgan fingerprint density at radius 3 is 2.65 bits per heavy atom. The third-order valence-electron chi connectivity index (χ3n) is 5.83. The molecule has 0 aromatic carbocycles. The van der Waals surface area contributed by atoms with Crippen LogP contribution >= 0.6 is 11.3 Å². The lowest BCUT2D eigenvalue weighted by Crippen LogP contribution is -2.69. The lowest BCUT2D eigenvalue weighted by Gasteiger charge is -2.62. The number of piperidine rings is 1.